The molecular weight excluding hydrogens is 164 g/mol. The lowest BCUT2D eigenvalue weighted by Crippen LogP contribution is -1.88. The Morgan fingerprint density at radius 1 is 1.15 bits per heavy atom. The van der Waals surface area contributed by atoms with Gasteiger partial charge in [-0.25, -0.2) is 0 Å². The van der Waals surface area contributed by atoms with Gasteiger partial charge in [-0.1, -0.05) is 12.1 Å². The highest BCUT2D eigenvalue weighted by atomic mass is 16.5. The van der Waals surface area contributed by atoms with Crippen LogP contribution in [0.15, 0.2) is 42.6 Å². The molecule has 0 saturated heterocycles. The highest BCUT2D eigenvalue weighted by molar-refractivity contribution is 5.25. The Morgan fingerprint density at radius 2 is 2.00 bits per heavy atom. The molecule has 1 aromatic heterocycles. The number of benzene rings is 1. The van der Waals surface area contributed by atoms with Crippen LogP contribution in [0.4, 0.5) is 0 Å². The molecule has 0 aliphatic rings. The lowest BCUT2D eigenvalue weighted by molar-refractivity contribution is 0.455. The van der Waals surface area contributed by atoms with E-state index in [1.54, 1.807) is 30.5 Å². The standard InChI is InChI=1S/C10H7N2O/c1-2-5-9(6-3-1)13-10-7-4-8-11-12-10/h2-8H. The molecule has 0 unspecified atom stereocenters. The molecule has 1 heterocycles. The normalized spacial score (nSPS) is 9.54. The minimum absolute atomic E-state index is 0.494. The molecular formula is C10H7N2O. The van der Waals surface area contributed by atoms with Crippen LogP contribution in [0.5, 0.6) is 11.6 Å². The van der Waals surface area contributed by atoms with E-state index in [1.165, 1.54) is 0 Å². The van der Waals surface area contributed by atoms with Crippen molar-refractivity contribution >= 4 is 0 Å². The summed E-state index contributed by atoms with van der Waals surface area (Å²) < 4.78 is 5.38. The first-order valence-corrected chi connectivity index (χ1v) is 3.87. The third-order valence-electron chi connectivity index (χ3n) is 1.46. The van der Waals surface area contributed by atoms with Gasteiger partial charge in [0.2, 0.25) is 5.88 Å². The predicted octanol–water partition coefficient (Wildman–Crippen LogP) is 2.07. The van der Waals surface area contributed by atoms with E-state index in [1.807, 2.05) is 12.1 Å². The van der Waals surface area contributed by atoms with Gasteiger partial charge in [0.05, 0.1) is 0 Å². The number of hydrogen-bond donors (Lipinski definition) is 0. The minimum Gasteiger partial charge on any atom is -0.438 e. The molecule has 0 aliphatic carbocycles. The van der Waals surface area contributed by atoms with Crippen LogP contribution < -0.4 is 4.74 Å². The molecule has 13 heavy (non-hydrogen) atoms. The Bertz CT molecular complexity index is 324. The lowest BCUT2D eigenvalue weighted by Gasteiger charge is -2.01. The average molecular weight is 171 g/mol. The largest absolute Gasteiger partial charge is 0.438 e. The summed E-state index contributed by atoms with van der Waals surface area (Å²) in [4.78, 5) is 0. The van der Waals surface area contributed by atoms with Crippen molar-refractivity contribution in [1.82, 2.24) is 10.2 Å². The lowest BCUT2D eigenvalue weighted by atomic mass is 10.3. The molecule has 3 nitrogen and oxygen atoms in total. The Hall–Kier alpha value is -1.90. The van der Waals surface area contributed by atoms with E-state index in [-0.39, 0.29) is 0 Å². The van der Waals surface area contributed by atoms with Gasteiger partial charge in [0, 0.05) is 12.3 Å². The topological polar surface area (TPSA) is 35.0 Å². The van der Waals surface area contributed by atoms with Crippen LogP contribution in [0, 0.1) is 6.07 Å². The highest BCUT2D eigenvalue weighted by Crippen LogP contribution is 2.16. The maximum absolute atomic E-state index is 5.38. The summed E-state index contributed by atoms with van der Waals surface area (Å²) in [5, 5.41) is 7.49. The number of ether oxygens (including phenoxy) is 1. The second kappa shape index (κ2) is 3.67. The molecule has 3 heteroatoms. The zero-order valence-electron chi connectivity index (χ0n) is 6.84. The van der Waals surface area contributed by atoms with Gasteiger partial charge >= 0.3 is 0 Å². The zero-order valence-corrected chi connectivity index (χ0v) is 6.84. The summed E-state index contributed by atoms with van der Waals surface area (Å²) in [6.45, 7) is 0. The number of hydrogen-bond acceptors (Lipinski definition) is 3. The van der Waals surface area contributed by atoms with Crippen molar-refractivity contribution < 1.29 is 4.74 Å². The molecule has 1 radical (unpaired) electrons. The molecule has 0 N–H and O–H groups in total. The van der Waals surface area contributed by atoms with E-state index in [0.717, 1.165) is 5.75 Å². The van der Waals surface area contributed by atoms with E-state index in [2.05, 4.69) is 16.3 Å². The minimum atomic E-state index is 0.494. The Kier molecular flexibility index (Phi) is 2.18. The van der Waals surface area contributed by atoms with E-state index < -0.39 is 0 Å². The molecule has 0 spiro atoms. The molecule has 0 atom stereocenters. The second-order valence-corrected chi connectivity index (χ2v) is 2.40. The molecule has 2 rings (SSSR count). The molecule has 0 fully saturated rings. The van der Waals surface area contributed by atoms with E-state index >= 15 is 0 Å². The van der Waals surface area contributed by atoms with Crippen LogP contribution in [0.1, 0.15) is 0 Å². The summed E-state index contributed by atoms with van der Waals surface area (Å²) in [6, 6.07) is 13.6. The van der Waals surface area contributed by atoms with Crippen molar-refractivity contribution in [3.63, 3.8) is 0 Å². The monoisotopic (exact) mass is 171 g/mol. The van der Waals surface area contributed by atoms with E-state index in [0.29, 0.717) is 5.88 Å². The maximum Gasteiger partial charge on any atom is 0.238 e. The SMILES string of the molecule is [c]1ccc(Oc2cccnn2)cc1. The third kappa shape index (κ3) is 2.02. The fourth-order valence-corrected chi connectivity index (χ4v) is 0.902. The summed E-state index contributed by atoms with van der Waals surface area (Å²) in [6.07, 6.45) is 1.60. The summed E-state index contributed by atoms with van der Waals surface area (Å²) in [5.74, 6) is 1.23. The fourth-order valence-electron chi connectivity index (χ4n) is 0.902. The first-order chi connectivity index (χ1) is 6.45. The molecule has 1 aromatic carbocycles. The number of nitrogens with zero attached hydrogens (tertiary/aromatic N) is 2. The molecule has 0 bridgehead atoms. The smallest absolute Gasteiger partial charge is 0.238 e. The van der Waals surface area contributed by atoms with Gasteiger partial charge in [0.25, 0.3) is 0 Å². The summed E-state index contributed by atoms with van der Waals surface area (Å²) >= 11 is 0. The van der Waals surface area contributed by atoms with E-state index in [4.69, 9.17) is 4.74 Å². The van der Waals surface area contributed by atoms with Gasteiger partial charge in [-0.15, -0.1) is 5.10 Å². The molecule has 0 amide bonds. The van der Waals surface area contributed by atoms with Crippen molar-refractivity contribution in [2.45, 2.75) is 0 Å². The van der Waals surface area contributed by atoms with Crippen LogP contribution in [0.2, 0.25) is 0 Å². The predicted molar refractivity (Wildman–Crippen MR) is 47.4 cm³/mol. The van der Waals surface area contributed by atoms with Gasteiger partial charge in [0.15, 0.2) is 0 Å². The second-order valence-electron chi connectivity index (χ2n) is 2.40. The Balaban J connectivity index is 2.16. The maximum atomic E-state index is 5.38. The molecule has 63 valence electrons. The first-order valence-electron chi connectivity index (χ1n) is 3.87. The Labute approximate surface area is 76.0 Å². The van der Waals surface area contributed by atoms with Gasteiger partial charge in [-0.2, -0.15) is 5.10 Å². The average Bonchev–Trinajstić information content (AvgIpc) is 2.21. The van der Waals surface area contributed by atoms with Crippen molar-refractivity contribution in [3.05, 3.63) is 48.7 Å². The van der Waals surface area contributed by atoms with Crippen LogP contribution >= 0.6 is 0 Å². The molecule has 0 saturated carbocycles. The van der Waals surface area contributed by atoms with Crippen LogP contribution in [-0.2, 0) is 0 Å². The highest BCUT2D eigenvalue weighted by Gasteiger charge is 1.95. The van der Waals surface area contributed by atoms with Gasteiger partial charge in [-0.05, 0) is 24.3 Å². The van der Waals surface area contributed by atoms with Crippen LogP contribution in [0.25, 0.3) is 0 Å². The van der Waals surface area contributed by atoms with Crippen LogP contribution in [-0.4, -0.2) is 10.2 Å². The van der Waals surface area contributed by atoms with Crippen molar-refractivity contribution in [1.29, 1.82) is 0 Å². The third-order valence-corrected chi connectivity index (χ3v) is 1.46. The van der Waals surface area contributed by atoms with Crippen molar-refractivity contribution in [2.24, 2.45) is 0 Å². The molecule has 2 aromatic rings. The van der Waals surface area contributed by atoms with Gasteiger partial charge < -0.3 is 4.74 Å². The van der Waals surface area contributed by atoms with Gasteiger partial charge in [0.1, 0.15) is 5.75 Å². The summed E-state index contributed by atoms with van der Waals surface area (Å²) in [7, 11) is 0. The number of rotatable bonds is 2. The van der Waals surface area contributed by atoms with Crippen LogP contribution in [0.3, 0.4) is 0 Å². The molecule has 0 aliphatic heterocycles. The fraction of sp³-hybridized carbons (Fsp3) is 0. The van der Waals surface area contributed by atoms with E-state index in [9.17, 15) is 0 Å². The zero-order chi connectivity index (χ0) is 8.93. The number of aromatic nitrogens is 2. The first kappa shape index (κ1) is 7.73. The quantitative estimate of drug-likeness (QED) is 0.693. The van der Waals surface area contributed by atoms with Gasteiger partial charge in [-0.3, -0.25) is 0 Å². The van der Waals surface area contributed by atoms with Crippen molar-refractivity contribution in [2.75, 3.05) is 0 Å². The summed E-state index contributed by atoms with van der Waals surface area (Å²) in [5.41, 5.74) is 0. The Morgan fingerprint density at radius 3 is 2.69 bits per heavy atom. The van der Waals surface area contributed by atoms with Crippen molar-refractivity contribution in [3.8, 4) is 11.6 Å².